The monoisotopic (exact) mass is 258 g/mol. The Balaban J connectivity index is 2.17. The van der Waals surface area contributed by atoms with Crippen LogP contribution in [0.25, 0.3) is 10.9 Å². The minimum atomic E-state index is 0.0747. The predicted molar refractivity (Wildman–Crippen MR) is 79.1 cm³/mol. The summed E-state index contributed by atoms with van der Waals surface area (Å²) in [4.78, 5) is 12.1. The van der Waals surface area contributed by atoms with Gasteiger partial charge in [0, 0.05) is 17.3 Å². The molecule has 1 unspecified atom stereocenters. The molecule has 0 saturated heterocycles. The number of amides is 1. The summed E-state index contributed by atoms with van der Waals surface area (Å²) >= 11 is 0. The normalized spacial score (nSPS) is 12.9. The highest BCUT2D eigenvalue weighted by molar-refractivity contribution is 5.84. The number of nitrogens with one attached hydrogen (secondary N) is 1. The van der Waals surface area contributed by atoms with Crippen molar-refractivity contribution in [1.29, 1.82) is 0 Å². The van der Waals surface area contributed by atoms with Crippen molar-refractivity contribution in [2.45, 2.75) is 40.3 Å². The number of rotatable bonds is 4. The average Bonchev–Trinajstić information content (AvgIpc) is 2.66. The zero-order valence-electron chi connectivity index (χ0n) is 12.1. The van der Waals surface area contributed by atoms with Gasteiger partial charge in [0.2, 0.25) is 5.91 Å². The van der Waals surface area contributed by atoms with E-state index in [4.69, 9.17) is 0 Å². The highest BCUT2D eigenvalue weighted by Crippen LogP contribution is 2.18. The predicted octanol–water partition coefficient (Wildman–Crippen LogP) is 3.11. The Hall–Kier alpha value is -1.77. The number of hydrogen-bond donors (Lipinski definition) is 1. The van der Waals surface area contributed by atoms with Crippen LogP contribution in [-0.2, 0) is 11.3 Å². The molecule has 2 aromatic rings. The van der Waals surface area contributed by atoms with Crippen LogP contribution in [-0.4, -0.2) is 16.5 Å². The Morgan fingerprint density at radius 2 is 1.95 bits per heavy atom. The summed E-state index contributed by atoms with van der Waals surface area (Å²) in [5.74, 6) is 0.525. The van der Waals surface area contributed by atoms with Crippen LogP contribution in [0.4, 0.5) is 0 Å². The lowest BCUT2D eigenvalue weighted by molar-refractivity contribution is -0.122. The van der Waals surface area contributed by atoms with E-state index in [9.17, 15) is 4.79 Å². The molecule has 0 bridgehead atoms. The van der Waals surface area contributed by atoms with Crippen LogP contribution in [0, 0.1) is 12.8 Å². The van der Waals surface area contributed by atoms with Gasteiger partial charge in [-0.15, -0.1) is 0 Å². The molecule has 1 atom stereocenters. The lowest BCUT2D eigenvalue weighted by Crippen LogP contribution is -2.38. The molecule has 1 N–H and O–H groups in total. The van der Waals surface area contributed by atoms with Gasteiger partial charge in [-0.25, -0.2) is 0 Å². The van der Waals surface area contributed by atoms with Crippen molar-refractivity contribution in [3.05, 3.63) is 36.0 Å². The Morgan fingerprint density at radius 1 is 1.26 bits per heavy atom. The molecule has 0 aliphatic carbocycles. The zero-order chi connectivity index (χ0) is 14.0. The van der Waals surface area contributed by atoms with Gasteiger partial charge in [0.25, 0.3) is 0 Å². The van der Waals surface area contributed by atoms with Crippen LogP contribution >= 0.6 is 0 Å². The van der Waals surface area contributed by atoms with E-state index in [-0.39, 0.29) is 11.9 Å². The quantitative estimate of drug-likeness (QED) is 0.898. The van der Waals surface area contributed by atoms with Crippen molar-refractivity contribution in [3.8, 4) is 0 Å². The molecule has 2 rings (SSSR count). The van der Waals surface area contributed by atoms with E-state index in [1.165, 1.54) is 5.39 Å². The lowest BCUT2D eigenvalue weighted by atomic mass is 10.1. The van der Waals surface area contributed by atoms with Gasteiger partial charge in [-0.1, -0.05) is 32.0 Å². The molecule has 1 amide bonds. The number of aromatic nitrogens is 1. The summed E-state index contributed by atoms with van der Waals surface area (Å²) < 4.78 is 2.07. The first-order valence-electron chi connectivity index (χ1n) is 6.83. The van der Waals surface area contributed by atoms with Crippen molar-refractivity contribution in [3.63, 3.8) is 0 Å². The number of fused-ring (bicyclic) bond motifs is 1. The summed E-state index contributed by atoms with van der Waals surface area (Å²) in [6.45, 7) is 8.70. The smallest absolute Gasteiger partial charge is 0.240 e. The highest BCUT2D eigenvalue weighted by Gasteiger charge is 2.13. The molecule has 1 aromatic heterocycles. The number of aryl methyl sites for hydroxylation is 1. The van der Waals surface area contributed by atoms with E-state index in [0.717, 1.165) is 11.2 Å². The molecular formula is C16H22N2O. The third kappa shape index (κ3) is 2.98. The van der Waals surface area contributed by atoms with Crippen LogP contribution < -0.4 is 5.32 Å². The molecular weight excluding hydrogens is 236 g/mol. The summed E-state index contributed by atoms with van der Waals surface area (Å²) in [6.07, 6.45) is 0. The summed E-state index contributed by atoms with van der Waals surface area (Å²) in [6, 6.07) is 10.5. The van der Waals surface area contributed by atoms with E-state index in [1.807, 2.05) is 26.0 Å². The number of nitrogens with zero attached hydrogens (tertiary/aromatic N) is 1. The molecule has 1 aromatic carbocycles. The maximum Gasteiger partial charge on any atom is 0.240 e. The van der Waals surface area contributed by atoms with Crippen molar-refractivity contribution in [2.75, 3.05) is 0 Å². The third-order valence-corrected chi connectivity index (χ3v) is 3.71. The van der Waals surface area contributed by atoms with E-state index < -0.39 is 0 Å². The van der Waals surface area contributed by atoms with Gasteiger partial charge in [0.15, 0.2) is 0 Å². The first-order valence-corrected chi connectivity index (χ1v) is 6.83. The molecule has 0 aliphatic rings. The molecule has 0 spiro atoms. The van der Waals surface area contributed by atoms with Crippen molar-refractivity contribution in [1.82, 2.24) is 9.88 Å². The molecule has 19 heavy (non-hydrogen) atoms. The summed E-state index contributed by atoms with van der Waals surface area (Å²) in [5, 5.41) is 4.23. The van der Waals surface area contributed by atoms with E-state index in [1.54, 1.807) is 0 Å². The van der Waals surface area contributed by atoms with Gasteiger partial charge in [0.1, 0.15) is 6.54 Å². The lowest BCUT2D eigenvalue weighted by Gasteiger charge is -2.18. The molecule has 0 fully saturated rings. The van der Waals surface area contributed by atoms with Crippen molar-refractivity contribution >= 4 is 16.8 Å². The Labute approximate surface area is 114 Å². The first-order chi connectivity index (χ1) is 8.99. The van der Waals surface area contributed by atoms with E-state index in [2.05, 4.69) is 41.9 Å². The van der Waals surface area contributed by atoms with Gasteiger partial charge in [-0.05, 0) is 37.3 Å². The Morgan fingerprint density at radius 3 is 2.63 bits per heavy atom. The molecule has 0 saturated carbocycles. The molecule has 102 valence electrons. The number of carbonyl (C=O) groups excluding carboxylic acids is 1. The average molecular weight is 258 g/mol. The minimum Gasteiger partial charge on any atom is -0.352 e. The van der Waals surface area contributed by atoms with Crippen molar-refractivity contribution in [2.24, 2.45) is 5.92 Å². The minimum absolute atomic E-state index is 0.0747. The van der Waals surface area contributed by atoms with Gasteiger partial charge in [0.05, 0.1) is 0 Å². The number of para-hydroxylation sites is 1. The van der Waals surface area contributed by atoms with Crippen LogP contribution in [0.2, 0.25) is 0 Å². The second-order valence-electron chi connectivity index (χ2n) is 5.53. The zero-order valence-corrected chi connectivity index (χ0v) is 12.1. The van der Waals surface area contributed by atoms with Gasteiger partial charge in [-0.2, -0.15) is 0 Å². The maximum atomic E-state index is 12.1. The van der Waals surface area contributed by atoms with E-state index >= 15 is 0 Å². The maximum absolute atomic E-state index is 12.1. The van der Waals surface area contributed by atoms with Crippen LogP contribution in [0.15, 0.2) is 30.3 Å². The first kappa shape index (κ1) is 13.7. The Kier molecular flexibility index (Phi) is 3.93. The van der Waals surface area contributed by atoms with Crippen LogP contribution in [0.3, 0.4) is 0 Å². The number of carbonyl (C=O) groups is 1. The van der Waals surface area contributed by atoms with Crippen molar-refractivity contribution < 1.29 is 4.79 Å². The molecule has 0 aliphatic heterocycles. The second-order valence-corrected chi connectivity index (χ2v) is 5.53. The second kappa shape index (κ2) is 5.47. The standard InChI is InChI=1S/C16H22N2O/c1-11(2)13(4)17-16(19)10-18-12(3)9-14-7-5-6-8-15(14)18/h5-9,11,13H,10H2,1-4H3,(H,17,19). The summed E-state index contributed by atoms with van der Waals surface area (Å²) in [5.41, 5.74) is 2.24. The summed E-state index contributed by atoms with van der Waals surface area (Å²) in [7, 11) is 0. The fourth-order valence-corrected chi connectivity index (χ4v) is 2.17. The molecule has 3 nitrogen and oxygen atoms in total. The fraction of sp³-hybridized carbons (Fsp3) is 0.438. The molecule has 3 heteroatoms. The topological polar surface area (TPSA) is 34.0 Å². The van der Waals surface area contributed by atoms with Crippen LogP contribution in [0.1, 0.15) is 26.5 Å². The number of benzene rings is 1. The third-order valence-electron chi connectivity index (χ3n) is 3.71. The highest BCUT2D eigenvalue weighted by atomic mass is 16.2. The fourth-order valence-electron chi connectivity index (χ4n) is 2.17. The van der Waals surface area contributed by atoms with Crippen LogP contribution in [0.5, 0.6) is 0 Å². The Bertz CT molecular complexity index is 583. The van der Waals surface area contributed by atoms with Gasteiger partial charge < -0.3 is 9.88 Å². The SMILES string of the molecule is Cc1cc2ccccc2n1CC(=O)NC(C)C(C)C. The number of hydrogen-bond acceptors (Lipinski definition) is 1. The van der Waals surface area contributed by atoms with Gasteiger partial charge >= 0.3 is 0 Å². The molecule has 1 heterocycles. The van der Waals surface area contributed by atoms with Gasteiger partial charge in [-0.3, -0.25) is 4.79 Å². The van der Waals surface area contributed by atoms with E-state index in [0.29, 0.717) is 12.5 Å². The molecule has 0 radical (unpaired) electrons. The largest absolute Gasteiger partial charge is 0.352 e.